The smallest absolute Gasteiger partial charge is 0.130 e. The molecule has 0 bridgehead atoms. The second-order valence-corrected chi connectivity index (χ2v) is 4.77. The zero-order valence-corrected chi connectivity index (χ0v) is 11.3. The largest absolute Gasteiger partial charge is 0.303 e. The summed E-state index contributed by atoms with van der Waals surface area (Å²) in [5.74, 6) is -1.55. The van der Waals surface area contributed by atoms with Crippen LogP contribution in [0, 0.1) is 17.5 Å². The molecule has 2 aromatic rings. The van der Waals surface area contributed by atoms with E-state index in [1.54, 1.807) is 32.0 Å². The first kappa shape index (κ1) is 14.6. The van der Waals surface area contributed by atoms with Gasteiger partial charge in [-0.2, -0.15) is 0 Å². The Labute approximate surface area is 116 Å². The fraction of sp³-hybridized carbons (Fsp3) is 0.250. The van der Waals surface area contributed by atoms with Crippen molar-refractivity contribution >= 4 is 0 Å². The molecular formula is C16H16F3N. The van der Waals surface area contributed by atoms with E-state index < -0.39 is 17.7 Å². The molecule has 1 unspecified atom stereocenters. The van der Waals surface area contributed by atoms with Crippen LogP contribution in [-0.2, 0) is 0 Å². The van der Waals surface area contributed by atoms with Gasteiger partial charge in [0.1, 0.15) is 17.5 Å². The van der Waals surface area contributed by atoms with E-state index in [9.17, 15) is 13.2 Å². The maximum absolute atomic E-state index is 13.7. The van der Waals surface area contributed by atoms with Gasteiger partial charge in [0.15, 0.2) is 0 Å². The summed E-state index contributed by atoms with van der Waals surface area (Å²) >= 11 is 0. The highest BCUT2D eigenvalue weighted by atomic mass is 19.1. The van der Waals surface area contributed by atoms with E-state index in [2.05, 4.69) is 5.32 Å². The summed E-state index contributed by atoms with van der Waals surface area (Å²) in [6.07, 6.45) is 0. The molecule has 0 spiro atoms. The molecular weight excluding hydrogens is 263 g/mol. The maximum atomic E-state index is 13.7. The number of hydrogen-bond donors (Lipinski definition) is 1. The maximum Gasteiger partial charge on any atom is 0.130 e. The van der Waals surface area contributed by atoms with Gasteiger partial charge in [0.2, 0.25) is 0 Å². The van der Waals surface area contributed by atoms with Crippen molar-refractivity contribution in [1.82, 2.24) is 5.32 Å². The van der Waals surface area contributed by atoms with E-state index in [1.807, 2.05) is 0 Å². The minimum atomic E-state index is -0.606. The lowest BCUT2D eigenvalue weighted by molar-refractivity contribution is 0.440. The molecule has 0 amide bonds. The minimum Gasteiger partial charge on any atom is -0.303 e. The fourth-order valence-corrected chi connectivity index (χ4v) is 2.30. The molecule has 0 heterocycles. The number of benzene rings is 2. The van der Waals surface area contributed by atoms with E-state index in [-0.39, 0.29) is 17.4 Å². The van der Waals surface area contributed by atoms with Gasteiger partial charge in [-0.15, -0.1) is 0 Å². The van der Waals surface area contributed by atoms with Crippen molar-refractivity contribution in [2.75, 3.05) is 0 Å². The van der Waals surface area contributed by atoms with Crippen LogP contribution >= 0.6 is 0 Å². The molecule has 2 aromatic carbocycles. The number of rotatable bonds is 4. The number of hydrogen-bond acceptors (Lipinski definition) is 1. The molecule has 0 saturated carbocycles. The second kappa shape index (κ2) is 6.09. The van der Waals surface area contributed by atoms with Crippen molar-refractivity contribution in [3.8, 4) is 0 Å². The van der Waals surface area contributed by atoms with E-state index >= 15 is 0 Å². The normalized spacial score (nSPS) is 14.1. The summed E-state index contributed by atoms with van der Waals surface area (Å²) in [6, 6.07) is 9.17. The molecule has 0 aliphatic rings. The van der Waals surface area contributed by atoms with Crippen molar-refractivity contribution in [3.05, 3.63) is 71.0 Å². The second-order valence-electron chi connectivity index (χ2n) is 4.77. The molecule has 4 heteroatoms. The Morgan fingerprint density at radius 1 is 0.750 bits per heavy atom. The van der Waals surface area contributed by atoms with Crippen molar-refractivity contribution in [2.45, 2.75) is 25.9 Å². The Morgan fingerprint density at radius 3 is 1.90 bits per heavy atom. The molecule has 1 nitrogen and oxygen atoms in total. The predicted octanol–water partition coefficient (Wildman–Crippen LogP) is 4.52. The van der Waals surface area contributed by atoms with E-state index in [1.165, 1.54) is 24.3 Å². The van der Waals surface area contributed by atoms with Crippen LogP contribution in [0.2, 0.25) is 0 Å². The van der Waals surface area contributed by atoms with Gasteiger partial charge >= 0.3 is 0 Å². The highest BCUT2D eigenvalue weighted by molar-refractivity contribution is 5.25. The van der Waals surface area contributed by atoms with Crippen LogP contribution in [0.1, 0.15) is 37.1 Å². The quantitative estimate of drug-likeness (QED) is 0.868. The van der Waals surface area contributed by atoms with Gasteiger partial charge < -0.3 is 5.32 Å². The summed E-state index contributed by atoms with van der Waals surface area (Å²) in [6.45, 7) is 3.41. The average Bonchev–Trinajstić information content (AvgIpc) is 2.38. The molecule has 0 aliphatic carbocycles. The van der Waals surface area contributed by atoms with E-state index in [0.717, 1.165) is 0 Å². The standard InChI is InChI=1S/C16H16F3N/c1-10(12-6-3-4-7-13(12)17)20-11(2)16-14(18)8-5-9-15(16)19/h3-11,20H,1-2H3/t10-,11?/m1/s1. The van der Waals surface area contributed by atoms with Crippen LogP contribution in [0.25, 0.3) is 0 Å². The Bertz CT molecular complexity index is 578. The van der Waals surface area contributed by atoms with Crippen molar-refractivity contribution in [2.24, 2.45) is 0 Å². The van der Waals surface area contributed by atoms with Crippen molar-refractivity contribution in [3.63, 3.8) is 0 Å². The summed E-state index contributed by atoms with van der Waals surface area (Å²) in [5, 5.41) is 3.01. The molecule has 20 heavy (non-hydrogen) atoms. The van der Waals surface area contributed by atoms with Crippen LogP contribution in [0.3, 0.4) is 0 Å². The van der Waals surface area contributed by atoms with E-state index in [0.29, 0.717) is 5.56 Å². The lowest BCUT2D eigenvalue weighted by atomic mass is 10.0. The van der Waals surface area contributed by atoms with Gasteiger partial charge in [-0.1, -0.05) is 24.3 Å². The third-order valence-electron chi connectivity index (χ3n) is 3.30. The zero-order valence-electron chi connectivity index (χ0n) is 11.3. The first-order valence-corrected chi connectivity index (χ1v) is 6.45. The highest BCUT2D eigenvalue weighted by Gasteiger charge is 2.19. The minimum absolute atomic E-state index is 0.0318. The van der Waals surface area contributed by atoms with Crippen molar-refractivity contribution < 1.29 is 13.2 Å². The number of nitrogens with one attached hydrogen (secondary N) is 1. The van der Waals surface area contributed by atoms with Gasteiger partial charge in [0.05, 0.1) is 0 Å². The lowest BCUT2D eigenvalue weighted by Crippen LogP contribution is -2.24. The molecule has 106 valence electrons. The first-order valence-electron chi connectivity index (χ1n) is 6.45. The average molecular weight is 279 g/mol. The van der Waals surface area contributed by atoms with Gasteiger partial charge in [-0.3, -0.25) is 0 Å². The summed E-state index contributed by atoms with van der Waals surface area (Å²) in [5.41, 5.74) is 0.437. The van der Waals surface area contributed by atoms with Crippen LogP contribution in [0.15, 0.2) is 42.5 Å². The Hall–Kier alpha value is -1.81. The summed E-state index contributed by atoms with van der Waals surface area (Å²) < 4.78 is 41.0. The topological polar surface area (TPSA) is 12.0 Å². The zero-order chi connectivity index (χ0) is 14.7. The third kappa shape index (κ3) is 3.02. The van der Waals surface area contributed by atoms with Crippen LogP contribution in [0.4, 0.5) is 13.2 Å². The van der Waals surface area contributed by atoms with E-state index in [4.69, 9.17) is 0 Å². The summed E-state index contributed by atoms with van der Waals surface area (Å²) in [4.78, 5) is 0. The van der Waals surface area contributed by atoms with Gasteiger partial charge in [0, 0.05) is 23.2 Å². The number of halogens is 3. The SMILES string of the molecule is CC(N[C@H](C)c1ccccc1F)c1c(F)cccc1F. The van der Waals surface area contributed by atoms with Gasteiger partial charge in [-0.25, -0.2) is 13.2 Å². The monoisotopic (exact) mass is 279 g/mol. The van der Waals surface area contributed by atoms with Crippen molar-refractivity contribution in [1.29, 1.82) is 0 Å². The molecule has 2 rings (SSSR count). The molecule has 0 saturated heterocycles. The van der Waals surface area contributed by atoms with Gasteiger partial charge in [0.25, 0.3) is 0 Å². The molecule has 2 atom stereocenters. The van der Waals surface area contributed by atoms with Crippen LogP contribution < -0.4 is 5.32 Å². The predicted molar refractivity (Wildman–Crippen MR) is 72.7 cm³/mol. The third-order valence-corrected chi connectivity index (χ3v) is 3.30. The molecule has 1 N–H and O–H groups in total. The summed E-state index contributed by atoms with van der Waals surface area (Å²) in [7, 11) is 0. The molecule has 0 aromatic heterocycles. The van der Waals surface area contributed by atoms with Crippen LogP contribution in [-0.4, -0.2) is 0 Å². The fourth-order valence-electron chi connectivity index (χ4n) is 2.30. The van der Waals surface area contributed by atoms with Gasteiger partial charge in [-0.05, 0) is 32.0 Å². The highest BCUT2D eigenvalue weighted by Crippen LogP contribution is 2.24. The Kier molecular flexibility index (Phi) is 4.45. The van der Waals surface area contributed by atoms with Crippen LogP contribution in [0.5, 0.6) is 0 Å². The Morgan fingerprint density at radius 2 is 1.30 bits per heavy atom. The lowest BCUT2D eigenvalue weighted by Gasteiger charge is -2.21. The molecule has 0 aliphatic heterocycles. The Balaban J connectivity index is 2.20. The first-order chi connectivity index (χ1) is 9.50. The molecule has 0 radical (unpaired) electrons. The molecule has 0 fully saturated rings.